The summed E-state index contributed by atoms with van der Waals surface area (Å²) in [5.74, 6) is 1.62. The molecule has 4 saturated carbocycles. The molecule has 5 aliphatic carbocycles. The van der Waals surface area contributed by atoms with E-state index in [1.165, 1.54) is 36.6 Å². The van der Waals surface area contributed by atoms with E-state index in [2.05, 4.69) is 11.0 Å². The van der Waals surface area contributed by atoms with Gasteiger partial charge in [0.25, 0.3) is 0 Å². The third-order valence-corrected chi connectivity index (χ3v) is 11.2. The Labute approximate surface area is 226 Å². The van der Waals surface area contributed by atoms with E-state index in [1.807, 2.05) is 39.0 Å². The van der Waals surface area contributed by atoms with E-state index < -0.39 is 17.2 Å². The molecule has 0 amide bonds. The second-order valence-corrected chi connectivity index (χ2v) is 13.3. The molecule has 7 aliphatic rings. The zero-order valence-electron chi connectivity index (χ0n) is 23.2. The molecule has 1 aromatic rings. The minimum atomic E-state index is -0.897. The number of rotatable bonds is 7. The van der Waals surface area contributed by atoms with Crippen molar-refractivity contribution in [3.05, 3.63) is 47.6 Å². The summed E-state index contributed by atoms with van der Waals surface area (Å²) in [5, 5.41) is 11.6. The number of piperidine rings is 1. The lowest BCUT2D eigenvalue weighted by molar-refractivity contribution is -0.300. The van der Waals surface area contributed by atoms with E-state index in [9.17, 15) is 9.90 Å². The minimum Gasteiger partial charge on any atom is -0.482 e. The summed E-state index contributed by atoms with van der Waals surface area (Å²) in [6, 6.07) is 4.54. The van der Waals surface area contributed by atoms with E-state index >= 15 is 0 Å². The van der Waals surface area contributed by atoms with Gasteiger partial charge in [-0.25, -0.2) is 4.79 Å². The summed E-state index contributed by atoms with van der Waals surface area (Å²) in [6.07, 6.45) is 14.2. The fourth-order valence-electron chi connectivity index (χ4n) is 9.69. The van der Waals surface area contributed by atoms with Crippen LogP contribution in [0.3, 0.4) is 0 Å². The van der Waals surface area contributed by atoms with Crippen LogP contribution in [-0.2, 0) is 21.4 Å². The summed E-state index contributed by atoms with van der Waals surface area (Å²) in [5.41, 5.74) is 0.919. The van der Waals surface area contributed by atoms with Crippen molar-refractivity contribution in [3.63, 3.8) is 0 Å². The van der Waals surface area contributed by atoms with Crippen molar-refractivity contribution in [3.8, 4) is 11.5 Å². The molecule has 204 valence electrons. The molecule has 0 aromatic heterocycles. The van der Waals surface area contributed by atoms with Crippen LogP contribution in [0.2, 0.25) is 0 Å². The quantitative estimate of drug-likeness (QED) is 0.243. The van der Waals surface area contributed by atoms with Crippen molar-refractivity contribution in [2.75, 3.05) is 20.2 Å². The maximum absolute atomic E-state index is 12.7. The molecule has 2 aliphatic heterocycles. The number of likely N-dealkylation sites (tertiary alicyclic amines) is 1. The molecule has 1 unspecified atom stereocenters. The SMILES string of the molecule is C/C=C/C=C/C(=O)Oc1ccc2c3c1O[C@H]1[C@]4(OC)CC[C@]5(CC4C(C)(C)O)[C@@H](C2)N(CC2CC2)CC[C@]315. The normalized spacial score (nSPS) is 39.0. The third-order valence-electron chi connectivity index (χ3n) is 11.2. The van der Waals surface area contributed by atoms with E-state index in [0.29, 0.717) is 11.8 Å². The molecular weight excluding hydrogens is 478 g/mol. The monoisotopic (exact) mass is 519 g/mol. The number of allylic oxidation sites excluding steroid dienone is 3. The van der Waals surface area contributed by atoms with Gasteiger partial charge in [0.15, 0.2) is 11.5 Å². The Morgan fingerprint density at radius 1 is 1.24 bits per heavy atom. The van der Waals surface area contributed by atoms with Gasteiger partial charge in [0.1, 0.15) is 11.7 Å². The largest absolute Gasteiger partial charge is 0.482 e. The number of hydrogen-bond donors (Lipinski definition) is 1. The number of fused-ring (bicyclic) bond motifs is 2. The van der Waals surface area contributed by atoms with Crippen LogP contribution in [0.5, 0.6) is 11.5 Å². The van der Waals surface area contributed by atoms with Crippen molar-refractivity contribution < 1.29 is 24.1 Å². The van der Waals surface area contributed by atoms with Crippen molar-refractivity contribution in [1.29, 1.82) is 0 Å². The molecule has 6 nitrogen and oxygen atoms in total. The van der Waals surface area contributed by atoms with Crippen LogP contribution < -0.4 is 9.47 Å². The molecule has 1 saturated heterocycles. The molecular formula is C32H41NO5. The Kier molecular flexibility index (Phi) is 5.35. The van der Waals surface area contributed by atoms with Gasteiger partial charge in [0, 0.05) is 48.1 Å². The molecule has 0 radical (unpaired) electrons. The molecule has 2 spiro atoms. The van der Waals surface area contributed by atoms with Gasteiger partial charge < -0.3 is 19.3 Å². The predicted molar refractivity (Wildman–Crippen MR) is 144 cm³/mol. The predicted octanol–water partition coefficient (Wildman–Crippen LogP) is 4.72. The fraction of sp³-hybridized carbons (Fsp3) is 0.656. The second-order valence-electron chi connectivity index (χ2n) is 13.3. The number of nitrogens with zero attached hydrogens (tertiary/aromatic N) is 1. The lowest BCUT2D eigenvalue weighted by Gasteiger charge is -2.75. The highest BCUT2D eigenvalue weighted by Crippen LogP contribution is 2.77. The highest BCUT2D eigenvalue weighted by Gasteiger charge is 2.81. The van der Waals surface area contributed by atoms with Crippen LogP contribution in [0, 0.1) is 17.3 Å². The molecule has 6 atom stereocenters. The first-order valence-corrected chi connectivity index (χ1v) is 14.6. The lowest BCUT2D eigenvalue weighted by atomic mass is 9.34. The number of hydrogen-bond acceptors (Lipinski definition) is 6. The Balaban J connectivity index is 1.39. The number of esters is 1. The average Bonchev–Trinajstić information content (AvgIpc) is 3.63. The molecule has 2 heterocycles. The lowest BCUT2D eigenvalue weighted by Crippen LogP contribution is -2.82. The molecule has 6 heteroatoms. The first-order valence-electron chi connectivity index (χ1n) is 14.6. The molecule has 38 heavy (non-hydrogen) atoms. The van der Waals surface area contributed by atoms with Crippen LogP contribution in [0.15, 0.2) is 36.4 Å². The Bertz CT molecular complexity index is 1230. The van der Waals surface area contributed by atoms with Crippen LogP contribution in [-0.4, -0.2) is 59.5 Å². The second kappa shape index (κ2) is 8.18. The minimum absolute atomic E-state index is 0.00244. The number of carbonyl (C=O) groups excluding carboxylic acids is 1. The summed E-state index contributed by atoms with van der Waals surface area (Å²) < 4.78 is 19.5. The average molecular weight is 520 g/mol. The molecule has 5 fully saturated rings. The van der Waals surface area contributed by atoms with Gasteiger partial charge in [-0.05, 0) is 89.8 Å². The summed E-state index contributed by atoms with van der Waals surface area (Å²) in [7, 11) is 1.80. The van der Waals surface area contributed by atoms with Gasteiger partial charge in [-0.3, -0.25) is 4.90 Å². The van der Waals surface area contributed by atoms with Crippen LogP contribution in [0.4, 0.5) is 0 Å². The number of carbonyl (C=O) groups is 1. The van der Waals surface area contributed by atoms with Crippen molar-refractivity contribution in [1.82, 2.24) is 4.90 Å². The zero-order chi connectivity index (χ0) is 26.5. The van der Waals surface area contributed by atoms with E-state index in [0.717, 1.165) is 50.3 Å². The van der Waals surface area contributed by atoms with E-state index in [-0.39, 0.29) is 22.9 Å². The topological polar surface area (TPSA) is 68.2 Å². The van der Waals surface area contributed by atoms with Gasteiger partial charge in [-0.1, -0.05) is 24.3 Å². The Morgan fingerprint density at radius 3 is 2.76 bits per heavy atom. The molecule has 1 aromatic carbocycles. The fourth-order valence-corrected chi connectivity index (χ4v) is 9.69. The maximum Gasteiger partial charge on any atom is 0.336 e. The molecule has 4 bridgehead atoms. The Morgan fingerprint density at radius 2 is 2.05 bits per heavy atom. The van der Waals surface area contributed by atoms with E-state index in [4.69, 9.17) is 14.2 Å². The van der Waals surface area contributed by atoms with Crippen molar-refractivity contribution in [2.24, 2.45) is 17.3 Å². The van der Waals surface area contributed by atoms with Crippen LogP contribution in [0.25, 0.3) is 0 Å². The smallest absolute Gasteiger partial charge is 0.336 e. The maximum atomic E-state index is 12.7. The van der Waals surface area contributed by atoms with Gasteiger partial charge in [-0.2, -0.15) is 0 Å². The molecule has 8 rings (SSSR count). The first-order chi connectivity index (χ1) is 18.2. The van der Waals surface area contributed by atoms with Gasteiger partial charge in [-0.15, -0.1) is 0 Å². The van der Waals surface area contributed by atoms with Crippen LogP contribution >= 0.6 is 0 Å². The number of benzene rings is 1. The number of aliphatic hydroxyl groups is 1. The first kappa shape index (κ1) is 24.9. The van der Waals surface area contributed by atoms with E-state index in [1.54, 1.807) is 13.2 Å². The number of methoxy groups -OCH3 is 1. The van der Waals surface area contributed by atoms with Crippen LogP contribution in [0.1, 0.15) is 70.4 Å². The summed E-state index contributed by atoms with van der Waals surface area (Å²) in [6.45, 7) is 8.05. The van der Waals surface area contributed by atoms with Gasteiger partial charge >= 0.3 is 5.97 Å². The van der Waals surface area contributed by atoms with Crippen molar-refractivity contribution >= 4 is 5.97 Å². The standard InChI is InChI=1S/C32H41NO5/c1-5-6-7-8-25(34)37-22-12-11-21-17-24-30-13-14-32(36-4,23(18-30)29(2,3)35)28-31(30,26(21)27(22)38-28)15-16-33(24)19-20-9-10-20/h5-8,11-12,20,23-24,28,35H,9-10,13-19H2,1-4H3/b6-5+,8-7+/t23?,24-,28-,30+,31+,32+/m1/s1. The zero-order valence-corrected chi connectivity index (χ0v) is 23.2. The van der Waals surface area contributed by atoms with Crippen molar-refractivity contribution in [2.45, 2.75) is 94.5 Å². The highest BCUT2D eigenvalue weighted by atomic mass is 16.6. The summed E-state index contributed by atoms with van der Waals surface area (Å²) in [4.78, 5) is 15.5. The van der Waals surface area contributed by atoms with Gasteiger partial charge in [0.2, 0.25) is 0 Å². The van der Waals surface area contributed by atoms with Gasteiger partial charge in [0.05, 0.1) is 5.60 Å². The highest BCUT2D eigenvalue weighted by molar-refractivity contribution is 5.85. The Hall–Kier alpha value is -2.15. The number of ether oxygens (including phenoxy) is 3. The summed E-state index contributed by atoms with van der Waals surface area (Å²) >= 11 is 0. The third kappa shape index (κ3) is 3.08. The molecule has 1 N–H and O–H groups in total.